The Balaban J connectivity index is 2.36. The molecule has 2 rings (SSSR count). The summed E-state index contributed by atoms with van der Waals surface area (Å²) in [5.74, 6) is -0.313. The van der Waals surface area contributed by atoms with Crippen LogP contribution in [0.5, 0.6) is 5.75 Å². The average molecular weight is 237 g/mol. The summed E-state index contributed by atoms with van der Waals surface area (Å²) in [6, 6.07) is 4.67. The minimum absolute atomic E-state index is 0.180. The Hall–Kier alpha value is -1.49. The molecule has 1 heterocycles. The zero-order valence-corrected chi connectivity index (χ0v) is 9.49. The lowest BCUT2D eigenvalue weighted by atomic mass is 10.1. The molecule has 1 aromatic rings. The Morgan fingerprint density at radius 2 is 2.31 bits per heavy atom. The lowest BCUT2D eigenvalue weighted by Gasteiger charge is -2.05. The highest BCUT2D eigenvalue weighted by Crippen LogP contribution is 2.30. The molecule has 0 fully saturated rings. The van der Waals surface area contributed by atoms with Gasteiger partial charge in [-0.25, -0.2) is 4.79 Å². The number of carbonyl (C=O) groups is 1. The van der Waals surface area contributed by atoms with Crippen molar-refractivity contribution in [2.24, 2.45) is 4.99 Å². The second-order valence-electron chi connectivity index (χ2n) is 3.57. The topological polar surface area (TPSA) is 69.9 Å². The third-order valence-electron chi connectivity index (χ3n) is 2.40. The van der Waals surface area contributed by atoms with Crippen LogP contribution in [0.3, 0.4) is 0 Å². The van der Waals surface area contributed by atoms with E-state index in [4.69, 9.17) is 5.11 Å². The second-order valence-corrected chi connectivity index (χ2v) is 4.58. The first kappa shape index (κ1) is 11.0. The van der Waals surface area contributed by atoms with Gasteiger partial charge in [-0.2, -0.15) is 0 Å². The number of aryl methyl sites for hydroxylation is 1. The Labute approximate surface area is 97.0 Å². The lowest BCUT2D eigenvalue weighted by molar-refractivity contribution is -0.137. The number of para-hydroxylation sites is 1. The Morgan fingerprint density at radius 3 is 2.94 bits per heavy atom. The number of thioether (sulfide) groups is 1. The molecule has 0 bridgehead atoms. The van der Waals surface area contributed by atoms with Crippen LogP contribution in [0, 0.1) is 6.92 Å². The molecule has 1 aliphatic rings. The zero-order valence-electron chi connectivity index (χ0n) is 8.67. The van der Waals surface area contributed by atoms with Crippen LogP contribution in [0.15, 0.2) is 23.2 Å². The Bertz CT molecular complexity index is 470. The number of hydrogen-bond acceptors (Lipinski definition) is 4. The normalized spacial score (nSPS) is 19.6. The first-order valence-electron chi connectivity index (χ1n) is 4.82. The Morgan fingerprint density at radius 1 is 1.56 bits per heavy atom. The number of phenols is 1. The summed E-state index contributed by atoms with van der Waals surface area (Å²) in [6.45, 7) is 1.80. The molecule has 1 aliphatic heterocycles. The van der Waals surface area contributed by atoms with Crippen LogP contribution < -0.4 is 0 Å². The van der Waals surface area contributed by atoms with E-state index in [-0.39, 0.29) is 5.75 Å². The van der Waals surface area contributed by atoms with Gasteiger partial charge in [0, 0.05) is 11.3 Å². The molecule has 16 heavy (non-hydrogen) atoms. The van der Waals surface area contributed by atoms with E-state index in [0.29, 0.717) is 16.4 Å². The summed E-state index contributed by atoms with van der Waals surface area (Å²) < 4.78 is 0. The summed E-state index contributed by atoms with van der Waals surface area (Å²) in [5, 5.41) is 19.3. The van der Waals surface area contributed by atoms with Crippen molar-refractivity contribution in [2.45, 2.75) is 13.0 Å². The molecule has 0 saturated carbocycles. The van der Waals surface area contributed by atoms with Gasteiger partial charge in [0.2, 0.25) is 0 Å². The summed E-state index contributed by atoms with van der Waals surface area (Å²) in [5.41, 5.74) is 1.38. The van der Waals surface area contributed by atoms with Crippen molar-refractivity contribution < 1.29 is 15.0 Å². The van der Waals surface area contributed by atoms with Gasteiger partial charge in [0.15, 0.2) is 6.04 Å². The number of aromatic hydroxyl groups is 1. The number of nitrogens with zero attached hydrogens (tertiary/aromatic N) is 1. The van der Waals surface area contributed by atoms with Crippen LogP contribution in [-0.2, 0) is 4.79 Å². The quantitative estimate of drug-likeness (QED) is 0.820. The molecule has 4 nitrogen and oxygen atoms in total. The molecule has 0 radical (unpaired) electrons. The molecule has 0 unspecified atom stereocenters. The number of phenolic OH excluding ortho intramolecular Hbond substituents is 1. The van der Waals surface area contributed by atoms with Crippen LogP contribution in [-0.4, -0.2) is 33.0 Å². The SMILES string of the molecule is Cc1cccc(C2=N[C@H](C(=O)O)CS2)c1O. The van der Waals surface area contributed by atoms with Crippen molar-refractivity contribution in [1.82, 2.24) is 0 Å². The summed E-state index contributed by atoms with van der Waals surface area (Å²) in [6.07, 6.45) is 0. The molecule has 84 valence electrons. The number of carboxylic acid groups (broad SMARTS) is 1. The predicted octanol–water partition coefficient (Wildman–Crippen LogP) is 1.65. The molecule has 0 aromatic heterocycles. The molecule has 0 saturated heterocycles. The van der Waals surface area contributed by atoms with E-state index in [1.54, 1.807) is 19.1 Å². The van der Waals surface area contributed by atoms with Crippen LogP contribution >= 0.6 is 11.8 Å². The van der Waals surface area contributed by atoms with E-state index in [0.717, 1.165) is 5.56 Å². The van der Waals surface area contributed by atoms with Gasteiger partial charge in [-0.1, -0.05) is 12.1 Å². The van der Waals surface area contributed by atoms with Crippen molar-refractivity contribution in [1.29, 1.82) is 0 Å². The van der Waals surface area contributed by atoms with E-state index >= 15 is 0 Å². The fourth-order valence-corrected chi connectivity index (χ4v) is 2.53. The first-order valence-corrected chi connectivity index (χ1v) is 5.80. The number of hydrogen-bond donors (Lipinski definition) is 2. The molecule has 5 heteroatoms. The lowest BCUT2D eigenvalue weighted by Crippen LogP contribution is -2.17. The second kappa shape index (κ2) is 4.17. The summed E-state index contributed by atoms with van der Waals surface area (Å²) >= 11 is 1.36. The first-order chi connectivity index (χ1) is 7.59. The molecule has 0 amide bonds. The summed E-state index contributed by atoms with van der Waals surface area (Å²) in [7, 11) is 0. The van der Waals surface area contributed by atoms with Gasteiger partial charge in [0.05, 0.1) is 0 Å². The van der Waals surface area contributed by atoms with E-state index < -0.39 is 12.0 Å². The fourth-order valence-electron chi connectivity index (χ4n) is 1.48. The van der Waals surface area contributed by atoms with E-state index in [9.17, 15) is 9.90 Å². The van der Waals surface area contributed by atoms with Gasteiger partial charge < -0.3 is 10.2 Å². The van der Waals surface area contributed by atoms with Crippen molar-refractivity contribution in [3.8, 4) is 5.75 Å². The van der Waals surface area contributed by atoms with E-state index in [2.05, 4.69) is 4.99 Å². The van der Waals surface area contributed by atoms with Gasteiger partial charge in [0.25, 0.3) is 0 Å². The molecule has 1 atom stereocenters. The minimum Gasteiger partial charge on any atom is -0.507 e. The molecular weight excluding hydrogens is 226 g/mol. The fraction of sp³-hybridized carbons (Fsp3) is 0.273. The van der Waals surface area contributed by atoms with Crippen molar-refractivity contribution >= 4 is 22.8 Å². The number of benzene rings is 1. The van der Waals surface area contributed by atoms with Crippen molar-refractivity contribution in [3.05, 3.63) is 29.3 Å². The number of aliphatic imine (C=N–C) groups is 1. The van der Waals surface area contributed by atoms with Crippen molar-refractivity contribution in [3.63, 3.8) is 0 Å². The van der Waals surface area contributed by atoms with Crippen LogP contribution in [0.4, 0.5) is 0 Å². The molecule has 2 N–H and O–H groups in total. The third kappa shape index (κ3) is 1.90. The standard InChI is InChI=1S/C11H11NO3S/c1-6-3-2-4-7(9(6)13)10-12-8(5-16-10)11(14)15/h2-4,8,13H,5H2,1H3,(H,14,15)/t8-/m0/s1. The number of rotatable bonds is 2. The molecule has 0 aliphatic carbocycles. The number of carboxylic acids is 1. The van der Waals surface area contributed by atoms with Crippen LogP contribution in [0.2, 0.25) is 0 Å². The summed E-state index contributed by atoms with van der Waals surface area (Å²) in [4.78, 5) is 14.8. The maximum atomic E-state index is 10.7. The highest BCUT2D eigenvalue weighted by Gasteiger charge is 2.26. The highest BCUT2D eigenvalue weighted by atomic mass is 32.2. The van der Waals surface area contributed by atoms with Gasteiger partial charge in [-0.3, -0.25) is 4.99 Å². The monoisotopic (exact) mass is 237 g/mol. The highest BCUT2D eigenvalue weighted by molar-refractivity contribution is 8.14. The zero-order chi connectivity index (χ0) is 11.7. The average Bonchev–Trinajstić information content (AvgIpc) is 2.71. The van der Waals surface area contributed by atoms with E-state index in [1.165, 1.54) is 11.8 Å². The van der Waals surface area contributed by atoms with E-state index in [1.807, 2.05) is 6.07 Å². The van der Waals surface area contributed by atoms with Gasteiger partial charge in [-0.15, -0.1) is 11.8 Å². The minimum atomic E-state index is -0.922. The number of aliphatic carboxylic acids is 1. The van der Waals surface area contributed by atoms with Crippen LogP contribution in [0.25, 0.3) is 0 Å². The van der Waals surface area contributed by atoms with Crippen molar-refractivity contribution in [2.75, 3.05) is 5.75 Å². The molecule has 0 spiro atoms. The smallest absolute Gasteiger partial charge is 0.329 e. The third-order valence-corrected chi connectivity index (χ3v) is 3.49. The predicted molar refractivity (Wildman–Crippen MR) is 63.3 cm³/mol. The maximum Gasteiger partial charge on any atom is 0.329 e. The van der Waals surface area contributed by atoms with Gasteiger partial charge >= 0.3 is 5.97 Å². The molecular formula is C11H11NO3S. The largest absolute Gasteiger partial charge is 0.507 e. The van der Waals surface area contributed by atoms with Gasteiger partial charge in [0.1, 0.15) is 10.8 Å². The molecule has 1 aromatic carbocycles. The Kier molecular flexibility index (Phi) is 2.87. The van der Waals surface area contributed by atoms with Crippen LogP contribution in [0.1, 0.15) is 11.1 Å². The van der Waals surface area contributed by atoms with Gasteiger partial charge in [-0.05, 0) is 18.6 Å². The maximum absolute atomic E-state index is 10.7.